The molecule has 0 N–H and O–H groups in total. The second kappa shape index (κ2) is 7.00. The number of hydrogen-bond donors (Lipinski definition) is 0. The zero-order valence-corrected chi connectivity index (χ0v) is 16.7. The van der Waals surface area contributed by atoms with Crippen molar-refractivity contribution in [3.63, 3.8) is 0 Å². The fraction of sp³-hybridized carbons (Fsp3) is 0.556. The van der Waals surface area contributed by atoms with Gasteiger partial charge in [0.25, 0.3) is 0 Å². The number of rotatable bonds is 2. The Morgan fingerprint density at radius 3 is 2.84 bits per heavy atom. The smallest absolute Gasteiger partial charge is 0.410 e. The number of carbonyl (C=O) groups excluding carboxylic acids is 1. The number of halogens is 1. The molecular weight excluding hydrogens is 358 g/mol. The van der Waals surface area contributed by atoms with Crippen LogP contribution >= 0.6 is 22.9 Å². The lowest BCUT2D eigenvalue weighted by molar-refractivity contribution is 0.0213. The molecule has 1 atom stereocenters. The van der Waals surface area contributed by atoms with Crippen LogP contribution in [0.25, 0.3) is 10.2 Å². The Hall–Kier alpha value is -1.53. The number of hydrogen-bond acceptors (Lipinski definition) is 5. The zero-order valence-electron chi connectivity index (χ0n) is 15.1. The molecule has 0 aliphatic carbocycles. The van der Waals surface area contributed by atoms with Crippen LogP contribution in [-0.4, -0.2) is 47.3 Å². The molecule has 0 saturated carbocycles. The summed E-state index contributed by atoms with van der Waals surface area (Å²) in [6, 6.07) is 6.01. The molecule has 1 saturated heterocycles. The predicted molar refractivity (Wildman–Crippen MR) is 104 cm³/mol. The molecule has 2 aromatic rings. The molecule has 1 aliphatic rings. The Morgan fingerprint density at radius 1 is 1.40 bits per heavy atom. The molecule has 5 nitrogen and oxygen atoms in total. The van der Waals surface area contributed by atoms with E-state index < -0.39 is 5.60 Å². The minimum Gasteiger partial charge on any atom is -0.444 e. The second-order valence-electron chi connectivity index (χ2n) is 7.29. The van der Waals surface area contributed by atoms with Gasteiger partial charge >= 0.3 is 6.09 Å². The van der Waals surface area contributed by atoms with Gasteiger partial charge in [0.1, 0.15) is 5.60 Å². The first-order valence-electron chi connectivity index (χ1n) is 8.57. The van der Waals surface area contributed by atoms with Gasteiger partial charge in [-0.15, -0.1) is 0 Å². The monoisotopic (exact) mass is 381 g/mol. The van der Waals surface area contributed by atoms with Crippen LogP contribution in [0.5, 0.6) is 0 Å². The number of ether oxygens (including phenoxy) is 1. The van der Waals surface area contributed by atoms with Crippen molar-refractivity contribution in [3.8, 4) is 0 Å². The third-order valence-corrected chi connectivity index (χ3v) is 5.48. The van der Waals surface area contributed by atoms with Crippen molar-refractivity contribution in [3.05, 3.63) is 23.2 Å². The first-order chi connectivity index (χ1) is 11.8. The Kier molecular flexibility index (Phi) is 5.11. The molecule has 1 fully saturated rings. The molecule has 0 bridgehead atoms. The van der Waals surface area contributed by atoms with Gasteiger partial charge in [0, 0.05) is 30.7 Å². The van der Waals surface area contributed by atoms with Gasteiger partial charge in [-0.1, -0.05) is 29.9 Å². The second-order valence-corrected chi connectivity index (χ2v) is 8.74. The summed E-state index contributed by atoms with van der Waals surface area (Å²) in [5.74, 6) is 0. The number of anilines is 1. The maximum absolute atomic E-state index is 12.4. The third kappa shape index (κ3) is 4.18. The Balaban J connectivity index is 1.76. The van der Waals surface area contributed by atoms with Crippen LogP contribution in [-0.2, 0) is 4.74 Å². The molecule has 1 aromatic heterocycles. The molecule has 1 unspecified atom stereocenters. The van der Waals surface area contributed by atoms with E-state index in [9.17, 15) is 4.79 Å². The molecular formula is C18H24ClN3O2S. The van der Waals surface area contributed by atoms with Gasteiger partial charge in [0.2, 0.25) is 0 Å². The van der Waals surface area contributed by atoms with E-state index in [4.69, 9.17) is 21.3 Å². The first kappa shape index (κ1) is 18.3. The zero-order chi connectivity index (χ0) is 18.2. The molecule has 3 rings (SSSR count). The van der Waals surface area contributed by atoms with E-state index in [1.807, 2.05) is 39.0 Å². The van der Waals surface area contributed by atoms with E-state index in [0.717, 1.165) is 33.3 Å². The Bertz CT molecular complexity index is 771. The lowest BCUT2D eigenvalue weighted by Crippen LogP contribution is -2.55. The highest BCUT2D eigenvalue weighted by Gasteiger charge is 2.32. The van der Waals surface area contributed by atoms with Crippen molar-refractivity contribution in [2.75, 3.05) is 24.5 Å². The number of thiazole rings is 1. The fourth-order valence-corrected chi connectivity index (χ4v) is 4.30. The van der Waals surface area contributed by atoms with E-state index in [0.29, 0.717) is 13.1 Å². The van der Waals surface area contributed by atoms with Crippen molar-refractivity contribution in [2.45, 2.75) is 45.8 Å². The van der Waals surface area contributed by atoms with Gasteiger partial charge in [-0.05, 0) is 45.4 Å². The highest BCUT2D eigenvalue weighted by molar-refractivity contribution is 7.22. The normalized spacial score (nSPS) is 18.7. The molecule has 1 aliphatic heterocycles. The quantitative estimate of drug-likeness (QED) is 0.750. The van der Waals surface area contributed by atoms with Gasteiger partial charge < -0.3 is 14.5 Å². The standard InChI is InChI=1S/C18H24ClN3O2S/c1-5-13-11-21(17(23)24-18(2,3)4)8-9-22(13)16-20-14-7-6-12(19)10-15(14)25-16/h6-7,10,13H,5,8-9,11H2,1-4H3. The number of carbonyl (C=O) groups is 1. The number of aromatic nitrogens is 1. The van der Waals surface area contributed by atoms with Crippen LogP contribution in [0.3, 0.4) is 0 Å². The Labute approximate surface area is 157 Å². The lowest BCUT2D eigenvalue weighted by atomic mass is 10.1. The summed E-state index contributed by atoms with van der Waals surface area (Å²) < 4.78 is 6.60. The lowest BCUT2D eigenvalue weighted by Gasteiger charge is -2.41. The molecule has 25 heavy (non-hydrogen) atoms. The van der Waals surface area contributed by atoms with Gasteiger partial charge in [0.15, 0.2) is 5.13 Å². The highest BCUT2D eigenvalue weighted by atomic mass is 35.5. The average Bonchev–Trinajstić information content (AvgIpc) is 2.95. The number of piperazine rings is 1. The summed E-state index contributed by atoms with van der Waals surface area (Å²) >= 11 is 7.74. The highest BCUT2D eigenvalue weighted by Crippen LogP contribution is 2.33. The molecule has 0 spiro atoms. The van der Waals surface area contributed by atoms with Crippen molar-refractivity contribution in [1.29, 1.82) is 0 Å². The van der Waals surface area contributed by atoms with Crippen LogP contribution in [0.1, 0.15) is 34.1 Å². The maximum atomic E-state index is 12.4. The third-order valence-electron chi connectivity index (χ3n) is 4.19. The molecule has 1 aromatic carbocycles. The molecule has 1 amide bonds. The maximum Gasteiger partial charge on any atom is 0.410 e. The first-order valence-corrected chi connectivity index (χ1v) is 9.77. The number of fused-ring (bicyclic) bond motifs is 1. The SMILES string of the molecule is CCC1CN(C(=O)OC(C)(C)C)CCN1c1nc2ccc(Cl)cc2s1. The van der Waals surface area contributed by atoms with E-state index in [1.165, 1.54) is 0 Å². The number of amides is 1. The Morgan fingerprint density at radius 2 is 2.16 bits per heavy atom. The largest absolute Gasteiger partial charge is 0.444 e. The summed E-state index contributed by atoms with van der Waals surface area (Å²) in [4.78, 5) is 21.2. The van der Waals surface area contributed by atoms with Crippen LogP contribution in [0.15, 0.2) is 18.2 Å². The van der Waals surface area contributed by atoms with Gasteiger partial charge in [-0.3, -0.25) is 0 Å². The molecule has 7 heteroatoms. The van der Waals surface area contributed by atoms with Gasteiger partial charge in [0.05, 0.1) is 10.2 Å². The summed E-state index contributed by atoms with van der Waals surface area (Å²) in [5.41, 5.74) is 0.496. The van der Waals surface area contributed by atoms with E-state index in [1.54, 1.807) is 16.2 Å². The number of nitrogens with zero attached hydrogens (tertiary/aromatic N) is 3. The van der Waals surface area contributed by atoms with E-state index >= 15 is 0 Å². The van der Waals surface area contributed by atoms with Crippen LogP contribution in [0.4, 0.5) is 9.93 Å². The van der Waals surface area contributed by atoms with Gasteiger partial charge in [-0.2, -0.15) is 0 Å². The minimum absolute atomic E-state index is 0.234. The summed E-state index contributed by atoms with van der Waals surface area (Å²) in [6.07, 6.45) is 0.706. The van der Waals surface area contributed by atoms with Crippen LogP contribution < -0.4 is 4.90 Å². The minimum atomic E-state index is -0.470. The summed E-state index contributed by atoms with van der Waals surface area (Å²) in [5, 5.41) is 1.72. The average molecular weight is 382 g/mol. The van der Waals surface area contributed by atoms with Crippen LogP contribution in [0, 0.1) is 0 Å². The number of benzene rings is 1. The predicted octanol–water partition coefficient (Wildman–Crippen LogP) is 4.79. The molecule has 136 valence electrons. The van der Waals surface area contributed by atoms with Crippen molar-refractivity contribution >= 4 is 44.4 Å². The van der Waals surface area contributed by atoms with Crippen LogP contribution in [0.2, 0.25) is 5.02 Å². The molecule has 2 heterocycles. The topological polar surface area (TPSA) is 45.7 Å². The summed E-state index contributed by atoms with van der Waals surface area (Å²) in [6.45, 7) is 9.87. The van der Waals surface area contributed by atoms with E-state index in [2.05, 4.69) is 11.8 Å². The summed E-state index contributed by atoms with van der Waals surface area (Å²) in [7, 11) is 0. The van der Waals surface area contributed by atoms with E-state index in [-0.39, 0.29) is 12.1 Å². The van der Waals surface area contributed by atoms with Crippen molar-refractivity contribution in [2.24, 2.45) is 0 Å². The fourth-order valence-electron chi connectivity index (χ4n) is 2.96. The van der Waals surface area contributed by atoms with Gasteiger partial charge in [-0.25, -0.2) is 9.78 Å². The van der Waals surface area contributed by atoms with Crippen molar-refractivity contribution < 1.29 is 9.53 Å². The molecule has 0 radical (unpaired) electrons. The van der Waals surface area contributed by atoms with Crippen molar-refractivity contribution in [1.82, 2.24) is 9.88 Å².